The first kappa shape index (κ1) is 27.2. The van der Waals surface area contributed by atoms with E-state index in [-0.39, 0.29) is 12.3 Å². The fourth-order valence-corrected chi connectivity index (χ4v) is 4.37. The first-order chi connectivity index (χ1) is 14.6. The molecular formula is C27H50O3. The molecular weight excluding hydrogens is 372 g/mol. The predicted octanol–water partition coefficient (Wildman–Crippen LogP) is 8.51. The van der Waals surface area contributed by atoms with Crippen molar-refractivity contribution in [2.45, 2.75) is 142 Å². The summed E-state index contributed by atoms with van der Waals surface area (Å²) >= 11 is 0. The van der Waals surface area contributed by atoms with Gasteiger partial charge < -0.3 is 9.47 Å². The average Bonchev–Trinajstić information content (AvgIpc) is 2.76. The smallest absolute Gasteiger partial charge is 0.335 e. The minimum absolute atomic E-state index is 0.313. The number of carbonyl (C=O) groups excluding carboxylic acids is 1. The molecule has 0 amide bonds. The molecule has 0 bridgehead atoms. The molecule has 1 saturated carbocycles. The summed E-state index contributed by atoms with van der Waals surface area (Å²) in [4.78, 5) is 12.0. The van der Waals surface area contributed by atoms with Crippen LogP contribution in [0.4, 0.5) is 0 Å². The monoisotopic (exact) mass is 422 g/mol. The van der Waals surface area contributed by atoms with Crippen LogP contribution >= 0.6 is 0 Å². The Morgan fingerprint density at radius 3 is 1.73 bits per heavy atom. The lowest BCUT2D eigenvalue weighted by Gasteiger charge is -2.29. The molecule has 0 radical (unpaired) electrons. The molecule has 0 saturated heterocycles. The van der Waals surface area contributed by atoms with E-state index in [1.54, 1.807) is 6.92 Å². The molecule has 176 valence electrons. The van der Waals surface area contributed by atoms with E-state index in [0.717, 1.165) is 19.3 Å². The van der Waals surface area contributed by atoms with Gasteiger partial charge in [0.25, 0.3) is 0 Å². The summed E-state index contributed by atoms with van der Waals surface area (Å²) in [6.45, 7) is 8.38. The molecule has 0 heterocycles. The Labute approximate surface area is 187 Å². The molecule has 1 unspecified atom stereocenters. The summed E-state index contributed by atoms with van der Waals surface area (Å²) in [5.41, 5.74) is 0.455. The van der Waals surface area contributed by atoms with Crippen LogP contribution in [0, 0.1) is 5.92 Å². The maximum atomic E-state index is 12.0. The maximum Gasteiger partial charge on any atom is 0.335 e. The fraction of sp³-hybridized carbons (Fsp3) is 0.889. The van der Waals surface area contributed by atoms with Gasteiger partial charge in [-0.15, -0.1) is 0 Å². The van der Waals surface area contributed by atoms with Gasteiger partial charge in [-0.3, -0.25) is 0 Å². The predicted molar refractivity (Wildman–Crippen MR) is 128 cm³/mol. The van der Waals surface area contributed by atoms with Crippen LogP contribution in [0.3, 0.4) is 0 Å². The van der Waals surface area contributed by atoms with Crippen LogP contribution < -0.4 is 0 Å². The van der Waals surface area contributed by atoms with E-state index in [9.17, 15) is 4.79 Å². The molecule has 1 aliphatic rings. The van der Waals surface area contributed by atoms with Gasteiger partial charge in [0.05, 0.1) is 6.61 Å². The summed E-state index contributed by atoms with van der Waals surface area (Å²) in [6.07, 6.45) is 24.5. The maximum absolute atomic E-state index is 12.0. The molecule has 1 aliphatic carbocycles. The zero-order chi connectivity index (χ0) is 21.9. The summed E-state index contributed by atoms with van der Waals surface area (Å²) in [5.74, 6) is 0.0419. The SMILES string of the molecule is C=C(C)C(=O)OC(OCCCCCCCCCCCCCCCC)C1CCCCC1. The van der Waals surface area contributed by atoms with Gasteiger partial charge in [-0.25, -0.2) is 4.79 Å². The quantitative estimate of drug-likeness (QED) is 0.0905. The molecule has 0 N–H and O–H groups in total. The van der Waals surface area contributed by atoms with Crippen molar-refractivity contribution in [3.05, 3.63) is 12.2 Å². The van der Waals surface area contributed by atoms with Crippen LogP contribution in [0.5, 0.6) is 0 Å². The van der Waals surface area contributed by atoms with Crippen molar-refractivity contribution in [2.24, 2.45) is 5.92 Å². The lowest BCUT2D eigenvalue weighted by molar-refractivity contribution is -0.190. The Kier molecular flexibility index (Phi) is 17.1. The molecule has 0 aromatic heterocycles. The first-order valence-electron chi connectivity index (χ1n) is 13.1. The van der Waals surface area contributed by atoms with Gasteiger partial charge in [-0.2, -0.15) is 0 Å². The van der Waals surface area contributed by atoms with Crippen LogP contribution in [-0.2, 0) is 14.3 Å². The molecule has 0 aromatic rings. The highest BCUT2D eigenvalue weighted by Gasteiger charge is 2.27. The number of ether oxygens (including phenoxy) is 2. The van der Waals surface area contributed by atoms with E-state index >= 15 is 0 Å². The molecule has 1 rings (SSSR count). The molecule has 3 nitrogen and oxygen atoms in total. The van der Waals surface area contributed by atoms with E-state index in [2.05, 4.69) is 13.5 Å². The van der Waals surface area contributed by atoms with E-state index < -0.39 is 0 Å². The van der Waals surface area contributed by atoms with E-state index in [0.29, 0.717) is 18.1 Å². The van der Waals surface area contributed by atoms with Gasteiger partial charge in [-0.1, -0.05) is 116 Å². The highest BCUT2D eigenvalue weighted by molar-refractivity contribution is 5.87. The third-order valence-electron chi connectivity index (χ3n) is 6.39. The minimum Gasteiger partial charge on any atom is -0.432 e. The zero-order valence-electron chi connectivity index (χ0n) is 20.2. The summed E-state index contributed by atoms with van der Waals surface area (Å²) in [5, 5.41) is 0. The van der Waals surface area contributed by atoms with Gasteiger partial charge >= 0.3 is 5.97 Å². The third-order valence-corrected chi connectivity index (χ3v) is 6.39. The number of unbranched alkanes of at least 4 members (excludes halogenated alkanes) is 13. The Morgan fingerprint density at radius 1 is 0.800 bits per heavy atom. The average molecular weight is 423 g/mol. The van der Waals surface area contributed by atoms with Crippen molar-refractivity contribution in [1.29, 1.82) is 0 Å². The molecule has 1 atom stereocenters. The van der Waals surface area contributed by atoms with Gasteiger partial charge in [0.2, 0.25) is 6.29 Å². The second-order valence-electron chi connectivity index (χ2n) is 9.42. The van der Waals surface area contributed by atoms with E-state index in [4.69, 9.17) is 9.47 Å². The molecule has 1 fully saturated rings. The lowest BCUT2D eigenvalue weighted by Crippen LogP contribution is -2.31. The van der Waals surface area contributed by atoms with Crippen molar-refractivity contribution in [2.75, 3.05) is 6.61 Å². The number of hydrogen-bond donors (Lipinski definition) is 0. The van der Waals surface area contributed by atoms with Crippen LogP contribution in [0.25, 0.3) is 0 Å². The van der Waals surface area contributed by atoms with Crippen LogP contribution in [0.1, 0.15) is 136 Å². The van der Waals surface area contributed by atoms with Crippen LogP contribution in [0.2, 0.25) is 0 Å². The lowest BCUT2D eigenvalue weighted by atomic mass is 9.89. The van der Waals surface area contributed by atoms with Crippen LogP contribution in [-0.4, -0.2) is 18.9 Å². The molecule has 0 aliphatic heterocycles. The van der Waals surface area contributed by atoms with Crippen LogP contribution in [0.15, 0.2) is 12.2 Å². The van der Waals surface area contributed by atoms with Gasteiger partial charge in [0.1, 0.15) is 0 Å². The van der Waals surface area contributed by atoms with Crippen molar-refractivity contribution in [3.8, 4) is 0 Å². The largest absolute Gasteiger partial charge is 0.432 e. The highest BCUT2D eigenvalue weighted by Crippen LogP contribution is 2.29. The normalized spacial score (nSPS) is 15.8. The highest BCUT2D eigenvalue weighted by atomic mass is 16.7. The summed E-state index contributed by atoms with van der Waals surface area (Å²) in [7, 11) is 0. The minimum atomic E-state index is -0.378. The molecule has 3 heteroatoms. The van der Waals surface area contributed by atoms with Gasteiger partial charge in [0, 0.05) is 11.5 Å². The number of hydrogen-bond acceptors (Lipinski definition) is 3. The van der Waals surface area contributed by atoms with E-state index in [1.165, 1.54) is 103 Å². The van der Waals surface area contributed by atoms with Crippen molar-refractivity contribution in [1.82, 2.24) is 0 Å². The Bertz CT molecular complexity index is 426. The van der Waals surface area contributed by atoms with Crippen molar-refractivity contribution >= 4 is 5.97 Å². The Balaban J connectivity index is 1.99. The summed E-state index contributed by atoms with van der Waals surface area (Å²) in [6, 6.07) is 0. The van der Waals surface area contributed by atoms with Gasteiger partial charge in [-0.05, 0) is 26.2 Å². The Morgan fingerprint density at radius 2 is 1.27 bits per heavy atom. The molecule has 0 aromatic carbocycles. The second-order valence-corrected chi connectivity index (χ2v) is 9.42. The zero-order valence-corrected chi connectivity index (χ0v) is 20.2. The second kappa shape index (κ2) is 18.9. The number of carbonyl (C=O) groups is 1. The molecule has 0 spiro atoms. The van der Waals surface area contributed by atoms with Crippen molar-refractivity contribution < 1.29 is 14.3 Å². The third kappa shape index (κ3) is 14.2. The van der Waals surface area contributed by atoms with E-state index in [1.807, 2.05) is 0 Å². The topological polar surface area (TPSA) is 35.5 Å². The van der Waals surface area contributed by atoms with Crippen molar-refractivity contribution in [3.63, 3.8) is 0 Å². The number of rotatable bonds is 19. The summed E-state index contributed by atoms with van der Waals surface area (Å²) < 4.78 is 11.6. The van der Waals surface area contributed by atoms with Gasteiger partial charge in [0.15, 0.2) is 0 Å². The standard InChI is InChI=1S/C27H50O3/c1-4-5-6-7-8-9-10-11-12-13-14-15-16-20-23-29-27(30-26(28)24(2)3)25-21-18-17-19-22-25/h25,27H,2,4-23H2,1,3H3. The first-order valence-corrected chi connectivity index (χ1v) is 13.1. The Hall–Kier alpha value is -0.830. The number of esters is 1. The molecule has 30 heavy (non-hydrogen) atoms. The fourth-order valence-electron chi connectivity index (χ4n) is 4.37.